The standard InChI is InChI=1S/C16H19N3O2/c1-4-5-15(20)17-14-10-12(7-6-11(14)2)13-8-9-16(21-3)19-18-13/h6-10H,4-5H2,1-3H3,(H,17,20). The number of benzene rings is 1. The van der Waals surface area contributed by atoms with E-state index in [4.69, 9.17) is 4.74 Å². The lowest BCUT2D eigenvalue weighted by Gasteiger charge is -2.10. The number of anilines is 1. The number of ether oxygens (including phenoxy) is 1. The Morgan fingerprint density at radius 1 is 1.24 bits per heavy atom. The minimum absolute atomic E-state index is 0.0264. The fourth-order valence-electron chi connectivity index (χ4n) is 1.94. The first-order chi connectivity index (χ1) is 10.1. The van der Waals surface area contributed by atoms with Crippen molar-refractivity contribution in [2.75, 3.05) is 12.4 Å². The van der Waals surface area contributed by atoms with E-state index in [1.165, 1.54) is 0 Å². The van der Waals surface area contributed by atoms with E-state index < -0.39 is 0 Å². The lowest BCUT2D eigenvalue weighted by Crippen LogP contribution is -2.11. The van der Waals surface area contributed by atoms with Crippen LogP contribution in [0.15, 0.2) is 30.3 Å². The Kier molecular flexibility index (Phi) is 4.87. The molecule has 0 saturated heterocycles. The summed E-state index contributed by atoms with van der Waals surface area (Å²) in [5, 5.41) is 11.0. The number of aryl methyl sites for hydroxylation is 1. The van der Waals surface area contributed by atoms with Crippen molar-refractivity contribution in [3.05, 3.63) is 35.9 Å². The number of nitrogens with one attached hydrogen (secondary N) is 1. The topological polar surface area (TPSA) is 64.1 Å². The van der Waals surface area contributed by atoms with E-state index in [0.717, 1.165) is 28.9 Å². The van der Waals surface area contributed by atoms with Gasteiger partial charge in [0, 0.05) is 23.7 Å². The van der Waals surface area contributed by atoms with Crippen molar-refractivity contribution >= 4 is 11.6 Å². The third kappa shape index (κ3) is 3.78. The van der Waals surface area contributed by atoms with Gasteiger partial charge in [0.25, 0.3) is 0 Å². The van der Waals surface area contributed by atoms with Gasteiger partial charge in [-0.25, -0.2) is 0 Å². The third-order valence-electron chi connectivity index (χ3n) is 3.13. The summed E-state index contributed by atoms with van der Waals surface area (Å²) in [7, 11) is 1.55. The molecule has 0 aliphatic rings. The molecule has 2 rings (SSSR count). The fraction of sp³-hybridized carbons (Fsp3) is 0.312. The monoisotopic (exact) mass is 285 g/mol. The predicted molar refractivity (Wildman–Crippen MR) is 82.3 cm³/mol. The summed E-state index contributed by atoms with van der Waals surface area (Å²) in [4.78, 5) is 11.7. The van der Waals surface area contributed by atoms with E-state index in [9.17, 15) is 4.79 Å². The molecular formula is C16H19N3O2. The van der Waals surface area contributed by atoms with Crippen LogP contribution in [-0.4, -0.2) is 23.2 Å². The Balaban J connectivity index is 2.26. The number of carbonyl (C=O) groups excluding carboxylic acids is 1. The zero-order valence-electron chi connectivity index (χ0n) is 12.5. The second-order valence-corrected chi connectivity index (χ2v) is 4.79. The maximum absolute atomic E-state index is 11.7. The first kappa shape index (κ1) is 15.0. The molecule has 1 heterocycles. The molecule has 0 fully saturated rings. The van der Waals surface area contributed by atoms with Gasteiger partial charge in [-0.15, -0.1) is 10.2 Å². The van der Waals surface area contributed by atoms with E-state index in [2.05, 4.69) is 15.5 Å². The average molecular weight is 285 g/mol. The van der Waals surface area contributed by atoms with Crippen molar-refractivity contribution in [3.63, 3.8) is 0 Å². The molecule has 0 aliphatic carbocycles. The van der Waals surface area contributed by atoms with Crippen LogP contribution < -0.4 is 10.1 Å². The van der Waals surface area contributed by atoms with Gasteiger partial charge in [0.15, 0.2) is 0 Å². The first-order valence-corrected chi connectivity index (χ1v) is 6.92. The van der Waals surface area contributed by atoms with Crippen molar-refractivity contribution in [2.45, 2.75) is 26.7 Å². The highest BCUT2D eigenvalue weighted by Gasteiger charge is 2.07. The molecule has 1 amide bonds. The van der Waals surface area contributed by atoms with E-state index >= 15 is 0 Å². The van der Waals surface area contributed by atoms with E-state index in [1.54, 1.807) is 13.2 Å². The van der Waals surface area contributed by atoms with E-state index in [-0.39, 0.29) is 5.91 Å². The van der Waals surface area contributed by atoms with Gasteiger partial charge in [0.05, 0.1) is 12.8 Å². The molecule has 5 heteroatoms. The molecule has 0 atom stereocenters. The summed E-state index contributed by atoms with van der Waals surface area (Å²) in [6, 6.07) is 9.44. The Morgan fingerprint density at radius 2 is 2.05 bits per heavy atom. The summed E-state index contributed by atoms with van der Waals surface area (Å²) < 4.78 is 5.00. The second kappa shape index (κ2) is 6.83. The quantitative estimate of drug-likeness (QED) is 0.916. The molecule has 0 spiro atoms. The maximum atomic E-state index is 11.7. The van der Waals surface area contributed by atoms with Crippen LogP contribution in [0.5, 0.6) is 5.88 Å². The molecule has 1 aromatic heterocycles. The number of amides is 1. The van der Waals surface area contributed by atoms with Gasteiger partial charge in [-0.1, -0.05) is 19.1 Å². The van der Waals surface area contributed by atoms with Gasteiger partial charge in [0.2, 0.25) is 11.8 Å². The Bertz CT molecular complexity index is 624. The van der Waals surface area contributed by atoms with E-state index in [1.807, 2.05) is 38.1 Å². The van der Waals surface area contributed by atoms with Crippen molar-refractivity contribution in [1.82, 2.24) is 10.2 Å². The van der Waals surface area contributed by atoms with Gasteiger partial charge in [-0.2, -0.15) is 0 Å². The van der Waals surface area contributed by atoms with Gasteiger partial charge in [-0.05, 0) is 31.0 Å². The Morgan fingerprint density at radius 3 is 2.67 bits per heavy atom. The summed E-state index contributed by atoms with van der Waals surface area (Å²) in [6.45, 7) is 3.95. The van der Waals surface area contributed by atoms with Crippen LogP contribution in [0.2, 0.25) is 0 Å². The number of nitrogens with zero attached hydrogens (tertiary/aromatic N) is 2. The largest absolute Gasteiger partial charge is 0.480 e. The zero-order chi connectivity index (χ0) is 15.2. The molecule has 110 valence electrons. The van der Waals surface area contributed by atoms with Crippen LogP contribution in [-0.2, 0) is 4.79 Å². The molecule has 0 aliphatic heterocycles. The molecule has 21 heavy (non-hydrogen) atoms. The summed E-state index contributed by atoms with van der Waals surface area (Å²) >= 11 is 0. The number of aromatic nitrogens is 2. The van der Waals surface area contributed by atoms with Crippen LogP contribution >= 0.6 is 0 Å². The third-order valence-corrected chi connectivity index (χ3v) is 3.13. The van der Waals surface area contributed by atoms with Gasteiger partial charge >= 0.3 is 0 Å². The van der Waals surface area contributed by atoms with Crippen LogP contribution in [0.25, 0.3) is 11.3 Å². The molecule has 0 radical (unpaired) electrons. The normalized spacial score (nSPS) is 10.2. The van der Waals surface area contributed by atoms with Crippen LogP contribution in [0.4, 0.5) is 5.69 Å². The highest BCUT2D eigenvalue weighted by molar-refractivity contribution is 5.92. The highest BCUT2D eigenvalue weighted by atomic mass is 16.5. The van der Waals surface area contributed by atoms with Crippen LogP contribution in [0, 0.1) is 6.92 Å². The van der Waals surface area contributed by atoms with Crippen molar-refractivity contribution in [3.8, 4) is 17.1 Å². The number of methoxy groups -OCH3 is 1. The van der Waals surface area contributed by atoms with Gasteiger partial charge < -0.3 is 10.1 Å². The van der Waals surface area contributed by atoms with Crippen molar-refractivity contribution < 1.29 is 9.53 Å². The predicted octanol–water partition coefficient (Wildman–Crippen LogP) is 3.20. The molecule has 0 unspecified atom stereocenters. The number of rotatable bonds is 5. The van der Waals surface area contributed by atoms with Gasteiger partial charge in [0.1, 0.15) is 0 Å². The minimum Gasteiger partial charge on any atom is -0.480 e. The lowest BCUT2D eigenvalue weighted by molar-refractivity contribution is -0.116. The summed E-state index contributed by atoms with van der Waals surface area (Å²) in [6.07, 6.45) is 1.35. The highest BCUT2D eigenvalue weighted by Crippen LogP contribution is 2.24. The first-order valence-electron chi connectivity index (χ1n) is 6.92. The molecule has 1 N–H and O–H groups in total. The molecule has 2 aromatic rings. The molecule has 0 saturated carbocycles. The van der Waals surface area contributed by atoms with Crippen molar-refractivity contribution in [1.29, 1.82) is 0 Å². The maximum Gasteiger partial charge on any atom is 0.233 e. The van der Waals surface area contributed by atoms with Crippen LogP contribution in [0.1, 0.15) is 25.3 Å². The molecule has 0 bridgehead atoms. The lowest BCUT2D eigenvalue weighted by atomic mass is 10.1. The fourth-order valence-corrected chi connectivity index (χ4v) is 1.94. The van der Waals surface area contributed by atoms with Crippen LogP contribution in [0.3, 0.4) is 0 Å². The second-order valence-electron chi connectivity index (χ2n) is 4.79. The zero-order valence-corrected chi connectivity index (χ0v) is 12.5. The Hall–Kier alpha value is -2.43. The number of hydrogen-bond acceptors (Lipinski definition) is 4. The molecular weight excluding hydrogens is 266 g/mol. The SMILES string of the molecule is CCCC(=O)Nc1cc(-c2ccc(OC)nn2)ccc1C. The number of carbonyl (C=O) groups is 1. The minimum atomic E-state index is 0.0264. The average Bonchev–Trinajstić information content (AvgIpc) is 2.50. The summed E-state index contributed by atoms with van der Waals surface area (Å²) in [5.41, 5.74) is 3.47. The van der Waals surface area contributed by atoms with E-state index in [0.29, 0.717) is 12.3 Å². The Labute approximate surface area is 124 Å². The van der Waals surface area contributed by atoms with Crippen molar-refractivity contribution in [2.24, 2.45) is 0 Å². The number of hydrogen-bond donors (Lipinski definition) is 1. The van der Waals surface area contributed by atoms with Gasteiger partial charge in [-0.3, -0.25) is 4.79 Å². The summed E-state index contributed by atoms with van der Waals surface area (Å²) in [5.74, 6) is 0.501. The smallest absolute Gasteiger partial charge is 0.233 e. The molecule has 5 nitrogen and oxygen atoms in total. The molecule has 1 aromatic carbocycles.